The van der Waals surface area contributed by atoms with Gasteiger partial charge in [-0.3, -0.25) is 0 Å². The van der Waals surface area contributed by atoms with Crippen LogP contribution in [0.2, 0.25) is 0 Å². The predicted molar refractivity (Wildman–Crippen MR) is 94.3 cm³/mol. The number of hydrogen-bond donors (Lipinski definition) is 0. The van der Waals surface area contributed by atoms with E-state index >= 15 is 0 Å². The molecule has 0 aliphatic heterocycles. The van der Waals surface area contributed by atoms with E-state index in [9.17, 15) is 0 Å². The third-order valence-corrected chi connectivity index (χ3v) is 13.8. The molecule has 0 aromatic heterocycles. The number of halogens is 1. The summed E-state index contributed by atoms with van der Waals surface area (Å²) >= 11 is -2.17. The molecule has 0 unspecified atom stereocenters. The van der Waals surface area contributed by atoms with Gasteiger partial charge in [0.05, 0.1) is 0 Å². The van der Waals surface area contributed by atoms with Gasteiger partial charge in [0.1, 0.15) is 0 Å². The van der Waals surface area contributed by atoms with Gasteiger partial charge in [0, 0.05) is 0 Å². The molecule has 3 aromatic rings. The Hall–Kier alpha value is -0.938. The molecule has 99 valence electrons. The Morgan fingerprint density at radius 2 is 0.650 bits per heavy atom. The maximum absolute atomic E-state index is 2.29. The standard InChI is InChI=1S/3C6H5.BrH.Pb/c3*1-2-4-6-5-3-1;;/h3*1-5H;1H;. The summed E-state index contributed by atoms with van der Waals surface area (Å²) in [6, 6.07) is 33.0. The molecule has 3 rings (SSSR count). The van der Waals surface area contributed by atoms with E-state index in [4.69, 9.17) is 0 Å². The zero-order valence-corrected chi connectivity index (χ0v) is 16.7. The molecule has 0 saturated heterocycles. The second-order valence-corrected chi connectivity index (χ2v) is 14.1. The molecule has 0 aliphatic carbocycles. The van der Waals surface area contributed by atoms with E-state index in [1.54, 1.807) is 9.37 Å². The van der Waals surface area contributed by atoms with E-state index in [0.29, 0.717) is 0 Å². The monoisotopic (exact) mass is 519 g/mol. The van der Waals surface area contributed by atoms with Crippen LogP contribution in [0.25, 0.3) is 0 Å². The van der Waals surface area contributed by atoms with Crippen molar-refractivity contribution in [3.8, 4) is 0 Å². The average Bonchev–Trinajstić information content (AvgIpc) is 2.51. The molecule has 0 nitrogen and oxygen atoms in total. The van der Waals surface area contributed by atoms with Crippen LogP contribution in [0.4, 0.5) is 0 Å². The Morgan fingerprint density at radius 1 is 0.400 bits per heavy atom. The van der Waals surface area contributed by atoms with Gasteiger partial charge in [-0.2, -0.15) is 0 Å². The number of benzene rings is 3. The fourth-order valence-electron chi connectivity index (χ4n) is 2.31. The zero-order valence-electron chi connectivity index (χ0n) is 11.1. The molecule has 0 N–H and O–H groups in total. The molecule has 0 saturated carbocycles. The van der Waals surface area contributed by atoms with Gasteiger partial charge < -0.3 is 0 Å². The van der Waals surface area contributed by atoms with Crippen molar-refractivity contribution in [3.63, 3.8) is 0 Å². The quantitative estimate of drug-likeness (QED) is 0.468. The van der Waals surface area contributed by atoms with Crippen molar-refractivity contribution in [3.05, 3.63) is 91.0 Å². The van der Waals surface area contributed by atoms with Crippen molar-refractivity contribution < 1.29 is 0 Å². The molecule has 0 atom stereocenters. The predicted octanol–water partition coefficient (Wildman–Crippen LogP) is 2.78. The summed E-state index contributed by atoms with van der Waals surface area (Å²) in [7, 11) is 0. The third-order valence-electron chi connectivity index (χ3n) is 3.19. The van der Waals surface area contributed by atoms with Crippen LogP contribution in [-0.2, 0) is 0 Å². The fourth-order valence-corrected chi connectivity index (χ4v) is 12.3. The van der Waals surface area contributed by atoms with Crippen molar-refractivity contribution >= 4 is 49.1 Å². The summed E-state index contributed by atoms with van der Waals surface area (Å²) in [5.41, 5.74) is 0. The SMILES string of the molecule is Br.c1cc[c]([Pb]([c]2ccccc2)[c]2ccccc2)cc1. The molecule has 3 aromatic carbocycles. The molecular formula is C18H16BrPb. The molecule has 0 heterocycles. The van der Waals surface area contributed by atoms with Gasteiger partial charge in [0.25, 0.3) is 0 Å². The van der Waals surface area contributed by atoms with Crippen molar-refractivity contribution in [1.82, 2.24) is 0 Å². The van der Waals surface area contributed by atoms with E-state index in [0.717, 1.165) is 0 Å². The molecule has 0 bridgehead atoms. The Bertz CT molecular complexity index is 529. The minimum absolute atomic E-state index is 0. The molecule has 0 fully saturated rings. The Balaban J connectivity index is 0.00000147. The van der Waals surface area contributed by atoms with Gasteiger partial charge >= 0.3 is 123 Å². The Morgan fingerprint density at radius 3 is 0.900 bits per heavy atom. The summed E-state index contributed by atoms with van der Waals surface area (Å²) in [4.78, 5) is 0. The van der Waals surface area contributed by atoms with Gasteiger partial charge in [-0.05, 0) is 0 Å². The van der Waals surface area contributed by atoms with Crippen molar-refractivity contribution in [2.45, 2.75) is 0 Å². The van der Waals surface area contributed by atoms with E-state index in [-0.39, 0.29) is 17.0 Å². The van der Waals surface area contributed by atoms with Crippen LogP contribution in [0.5, 0.6) is 0 Å². The van der Waals surface area contributed by atoms with Crippen LogP contribution < -0.4 is 9.37 Å². The van der Waals surface area contributed by atoms with Crippen molar-refractivity contribution in [1.29, 1.82) is 0 Å². The first kappa shape index (κ1) is 15.5. The van der Waals surface area contributed by atoms with Gasteiger partial charge in [-0.1, -0.05) is 0 Å². The first-order chi connectivity index (χ1) is 9.45. The van der Waals surface area contributed by atoms with Crippen LogP contribution in [0, 0.1) is 0 Å². The molecule has 2 heteroatoms. The third kappa shape index (κ3) is 3.58. The summed E-state index contributed by atoms with van der Waals surface area (Å²) in [6.07, 6.45) is 0. The summed E-state index contributed by atoms with van der Waals surface area (Å²) in [5.74, 6) is 0. The van der Waals surface area contributed by atoms with Gasteiger partial charge in [-0.25, -0.2) is 0 Å². The van der Waals surface area contributed by atoms with E-state index < -0.39 is 22.7 Å². The fraction of sp³-hybridized carbons (Fsp3) is 0. The van der Waals surface area contributed by atoms with Gasteiger partial charge in [0.2, 0.25) is 0 Å². The van der Waals surface area contributed by atoms with E-state index in [1.807, 2.05) is 0 Å². The minimum atomic E-state index is -2.17. The van der Waals surface area contributed by atoms with Gasteiger partial charge in [0.15, 0.2) is 0 Å². The second kappa shape index (κ2) is 7.74. The normalized spacial score (nSPS) is 10.1. The molecule has 0 aliphatic rings. The number of rotatable bonds is 3. The summed E-state index contributed by atoms with van der Waals surface area (Å²) < 4.78 is 4.64. The van der Waals surface area contributed by atoms with E-state index in [2.05, 4.69) is 91.0 Å². The molecular weight excluding hydrogens is 503 g/mol. The topological polar surface area (TPSA) is 0 Å². The Labute approximate surface area is 139 Å². The number of hydrogen-bond acceptors (Lipinski definition) is 0. The van der Waals surface area contributed by atoms with Crippen molar-refractivity contribution in [2.75, 3.05) is 0 Å². The zero-order chi connectivity index (χ0) is 12.9. The molecule has 20 heavy (non-hydrogen) atoms. The molecule has 0 spiro atoms. The van der Waals surface area contributed by atoms with Crippen LogP contribution in [0.3, 0.4) is 0 Å². The van der Waals surface area contributed by atoms with Crippen LogP contribution >= 0.6 is 17.0 Å². The van der Waals surface area contributed by atoms with E-state index in [1.165, 1.54) is 0 Å². The first-order valence-electron chi connectivity index (χ1n) is 6.48. The van der Waals surface area contributed by atoms with Crippen LogP contribution in [0.1, 0.15) is 0 Å². The summed E-state index contributed by atoms with van der Waals surface area (Å²) in [6.45, 7) is 0. The second-order valence-electron chi connectivity index (χ2n) is 4.47. The maximum atomic E-state index is 2.29. The average molecular weight is 519 g/mol. The first-order valence-corrected chi connectivity index (χ1v) is 12.3. The van der Waals surface area contributed by atoms with Gasteiger partial charge in [-0.15, -0.1) is 17.0 Å². The van der Waals surface area contributed by atoms with Crippen LogP contribution in [0.15, 0.2) is 91.0 Å². The Kier molecular flexibility index (Phi) is 5.98. The van der Waals surface area contributed by atoms with Crippen molar-refractivity contribution in [2.24, 2.45) is 0 Å². The molecule has 0 amide bonds. The van der Waals surface area contributed by atoms with Crippen LogP contribution in [-0.4, -0.2) is 22.7 Å². The summed E-state index contributed by atoms with van der Waals surface area (Å²) in [5, 5.41) is 0. The molecule has 1 radical (unpaired) electrons.